The molecule has 0 saturated heterocycles. The molecule has 0 fully saturated rings. The quantitative estimate of drug-likeness (QED) is 0.237. The zero-order valence-electron chi connectivity index (χ0n) is 17.1. The topological polar surface area (TPSA) is 128 Å². The molecule has 0 aromatic rings. The molecule has 0 aromatic heterocycles. The van der Waals surface area contributed by atoms with Gasteiger partial charge in [-0.05, 0) is 12.8 Å². The number of esters is 3. The van der Waals surface area contributed by atoms with E-state index in [4.69, 9.17) is 19.3 Å². The van der Waals surface area contributed by atoms with E-state index in [1.807, 2.05) is 0 Å². The van der Waals surface area contributed by atoms with Crippen LogP contribution in [0.1, 0.15) is 65.7 Å². The third-order valence-corrected chi connectivity index (χ3v) is 3.87. The standard InChI is InChI=1S/C19H33NO8/c1-15(22)26-12-19(13-27-16(2)23,14-28-17(3)24)20-18(25)10-8-6-4-5-7-9-11-21/h21H,4-14H2,1-3H3,(H,20,25). The lowest BCUT2D eigenvalue weighted by Crippen LogP contribution is -2.59. The Balaban J connectivity index is 4.78. The molecule has 0 aromatic carbocycles. The first-order valence-electron chi connectivity index (χ1n) is 9.53. The van der Waals surface area contributed by atoms with Gasteiger partial charge in [-0.25, -0.2) is 0 Å². The number of amides is 1. The molecule has 28 heavy (non-hydrogen) atoms. The van der Waals surface area contributed by atoms with E-state index < -0.39 is 23.4 Å². The predicted octanol–water partition coefficient (Wildman–Crippen LogP) is 1.25. The second-order valence-electron chi connectivity index (χ2n) is 6.76. The van der Waals surface area contributed by atoms with Crippen molar-refractivity contribution in [3.8, 4) is 0 Å². The molecule has 0 aliphatic rings. The van der Waals surface area contributed by atoms with Crippen LogP contribution in [0.4, 0.5) is 0 Å². The molecule has 0 aliphatic heterocycles. The van der Waals surface area contributed by atoms with E-state index in [9.17, 15) is 19.2 Å². The maximum absolute atomic E-state index is 12.4. The van der Waals surface area contributed by atoms with Crippen molar-refractivity contribution in [2.24, 2.45) is 0 Å². The summed E-state index contributed by atoms with van der Waals surface area (Å²) in [5.74, 6) is -2.05. The molecule has 0 radical (unpaired) electrons. The summed E-state index contributed by atoms with van der Waals surface area (Å²) in [4.78, 5) is 46.0. The number of aliphatic hydroxyl groups is 1. The fourth-order valence-corrected chi connectivity index (χ4v) is 2.42. The van der Waals surface area contributed by atoms with Gasteiger partial charge in [0.25, 0.3) is 0 Å². The predicted molar refractivity (Wildman–Crippen MR) is 100 cm³/mol. The molecular weight excluding hydrogens is 370 g/mol. The average molecular weight is 403 g/mol. The van der Waals surface area contributed by atoms with E-state index in [2.05, 4.69) is 5.32 Å². The Morgan fingerprint density at radius 3 is 1.50 bits per heavy atom. The normalized spacial score (nSPS) is 10.9. The molecule has 162 valence electrons. The largest absolute Gasteiger partial charge is 0.463 e. The molecule has 0 unspecified atom stereocenters. The minimum absolute atomic E-state index is 0.192. The van der Waals surface area contributed by atoms with E-state index in [1.165, 1.54) is 20.8 Å². The number of hydrogen-bond donors (Lipinski definition) is 2. The van der Waals surface area contributed by atoms with Gasteiger partial charge in [-0.1, -0.05) is 25.7 Å². The summed E-state index contributed by atoms with van der Waals surface area (Å²) in [7, 11) is 0. The van der Waals surface area contributed by atoms with Gasteiger partial charge >= 0.3 is 17.9 Å². The zero-order chi connectivity index (χ0) is 21.4. The average Bonchev–Trinajstić information content (AvgIpc) is 2.62. The SMILES string of the molecule is CC(=O)OCC(COC(C)=O)(COC(C)=O)NC(=O)CCCCCCCCO. The molecule has 0 rings (SSSR count). The third-order valence-electron chi connectivity index (χ3n) is 3.87. The number of hydrogen-bond acceptors (Lipinski definition) is 8. The van der Waals surface area contributed by atoms with Crippen molar-refractivity contribution >= 4 is 23.8 Å². The van der Waals surface area contributed by atoms with Gasteiger partial charge in [0, 0.05) is 33.8 Å². The molecule has 9 heteroatoms. The lowest BCUT2D eigenvalue weighted by Gasteiger charge is -2.32. The lowest BCUT2D eigenvalue weighted by molar-refractivity contribution is -0.156. The number of ether oxygens (including phenoxy) is 3. The van der Waals surface area contributed by atoms with Gasteiger partial charge in [0.1, 0.15) is 25.4 Å². The minimum Gasteiger partial charge on any atom is -0.463 e. The molecule has 0 heterocycles. The number of carbonyl (C=O) groups is 4. The van der Waals surface area contributed by atoms with Crippen LogP contribution in [0.5, 0.6) is 0 Å². The second-order valence-corrected chi connectivity index (χ2v) is 6.76. The number of nitrogens with one attached hydrogen (secondary N) is 1. The highest BCUT2D eigenvalue weighted by Gasteiger charge is 2.36. The van der Waals surface area contributed by atoms with Crippen LogP contribution < -0.4 is 5.32 Å². The van der Waals surface area contributed by atoms with Crippen LogP contribution in [0.25, 0.3) is 0 Å². The van der Waals surface area contributed by atoms with Crippen molar-refractivity contribution in [2.45, 2.75) is 71.3 Å². The van der Waals surface area contributed by atoms with Crippen LogP contribution in [-0.2, 0) is 33.4 Å². The summed E-state index contributed by atoms with van der Waals surface area (Å²) in [6.07, 6.45) is 5.47. The first-order valence-corrected chi connectivity index (χ1v) is 9.53. The number of carbonyl (C=O) groups excluding carboxylic acids is 4. The van der Waals surface area contributed by atoms with Crippen LogP contribution in [0.3, 0.4) is 0 Å². The first kappa shape index (κ1) is 25.8. The summed E-state index contributed by atoms with van der Waals surface area (Å²) >= 11 is 0. The van der Waals surface area contributed by atoms with Gasteiger partial charge in [-0.3, -0.25) is 19.2 Å². The first-order chi connectivity index (χ1) is 13.2. The minimum atomic E-state index is -1.35. The van der Waals surface area contributed by atoms with E-state index in [0.29, 0.717) is 6.42 Å². The lowest BCUT2D eigenvalue weighted by atomic mass is 10.0. The van der Waals surface area contributed by atoms with Crippen LogP contribution in [0, 0.1) is 0 Å². The van der Waals surface area contributed by atoms with Crippen LogP contribution in [-0.4, -0.2) is 60.9 Å². The summed E-state index contributed by atoms with van der Waals surface area (Å²) in [5, 5.41) is 11.4. The third kappa shape index (κ3) is 14.0. The Labute approximate surface area is 166 Å². The Bertz CT molecular complexity index is 461. The highest BCUT2D eigenvalue weighted by Crippen LogP contribution is 2.12. The summed E-state index contributed by atoms with van der Waals surface area (Å²) < 4.78 is 15.0. The number of unbranched alkanes of at least 4 members (excludes halogenated alkanes) is 5. The molecule has 0 bridgehead atoms. The Morgan fingerprint density at radius 1 is 0.714 bits per heavy atom. The smallest absolute Gasteiger partial charge is 0.302 e. The molecule has 0 aliphatic carbocycles. The molecule has 0 atom stereocenters. The van der Waals surface area contributed by atoms with E-state index >= 15 is 0 Å². The van der Waals surface area contributed by atoms with Crippen molar-refractivity contribution in [1.82, 2.24) is 5.32 Å². The van der Waals surface area contributed by atoms with E-state index in [1.54, 1.807) is 0 Å². The van der Waals surface area contributed by atoms with Gasteiger partial charge in [0.05, 0.1) is 0 Å². The van der Waals surface area contributed by atoms with E-state index in [0.717, 1.165) is 32.1 Å². The Morgan fingerprint density at radius 2 is 1.11 bits per heavy atom. The molecule has 0 saturated carbocycles. The highest BCUT2D eigenvalue weighted by molar-refractivity contribution is 5.77. The van der Waals surface area contributed by atoms with Crippen molar-refractivity contribution in [1.29, 1.82) is 0 Å². The summed E-state index contributed by atoms with van der Waals surface area (Å²) in [5.41, 5.74) is -1.35. The molecule has 0 spiro atoms. The summed E-state index contributed by atoms with van der Waals surface area (Å²) in [6, 6.07) is 0. The Hall–Kier alpha value is -2.16. The van der Waals surface area contributed by atoms with Gasteiger partial charge in [0.15, 0.2) is 0 Å². The zero-order valence-corrected chi connectivity index (χ0v) is 17.1. The van der Waals surface area contributed by atoms with Gasteiger partial charge in [0.2, 0.25) is 5.91 Å². The fraction of sp³-hybridized carbons (Fsp3) is 0.789. The van der Waals surface area contributed by atoms with Crippen molar-refractivity contribution in [3.05, 3.63) is 0 Å². The fourth-order valence-electron chi connectivity index (χ4n) is 2.42. The van der Waals surface area contributed by atoms with Crippen molar-refractivity contribution in [2.75, 3.05) is 26.4 Å². The molecule has 1 amide bonds. The maximum Gasteiger partial charge on any atom is 0.302 e. The van der Waals surface area contributed by atoms with Gasteiger partial charge in [-0.2, -0.15) is 0 Å². The number of rotatable bonds is 15. The van der Waals surface area contributed by atoms with Crippen molar-refractivity contribution in [3.63, 3.8) is 0 Å². The van der Waals surface area contributed by atoms with Gasteiger partial charge < -0.3 is 24.6 Å². The molecule has 9 nitrogen and oxygen atoms in total. The monoisotopic (exact) mass is 403 g/mol. The van der Waals surface area contributed by atoms with Gasteiger partial charge in [-0.15, -0.1) is 0 Å². The molecular formula is C19H33NO8. The van der Waals surface area contributed by atoms with Crippen LogP contribution >= 0.6 is 0 Å². The molecule has 2 N–H and O–H groups in total. The summed E-state index contributed by atoms with van der Waals surface area (Å²) in [6.45, 7) is 2.93. The van der Waals surface area contributed by atoms with Crippen molar-refractivity contribution < 1.29 is 38.5 Å². The van der Waals surface area contributed by atoms with Crippen LogP contribution in [0.2, 0.25) is 0 Å². The van der Waals surface area contributed by atoms with Crippen LogP contribution in [0.15, 0.2) is 0 Å². The van der Waals surface area contributed by atoms with E-state index in [-0.39, 0.29) is 38.8 Å². The Kier molecular flexibility index (Phi) is 13.7. The number of aliphatic hydroxyl groups excluding tert-OH is 1. The maximum atomic E-state index is 12.4. The highest BCUT2D eigenvalue weighted by atomic mass is 16.6. The second kappa shape index (κ2) is 14.8.